The zero-order chi connectivity index (χ0) is 21.9. The minimum Gasteiger partial charge on any atom is -0.462 e. The van der Waals surface area contributed by atoms with Crippen molar-refractivity contribution < 1.29 is 31.9 Å². The lowest BCUT2D eigenvalue weighted by atomic mass is 10.1. The molecule has 0 saturated carbocycles. The third kappa shape index (κ3) is 4.48. The zero-order valence-corrected chi connectivity index (χ0v) is 15.5. The van der Waals surface area contributed by atoms with Gasteiger partial charge in [0.05, 0.1) is 18.5 Å². The van der Waals surface area contributed by atoms with Crippen LogP contribution in [0.4, 0.5) is 23.2 Å². The van der Waals surface area contributed by atoms with Gasteiger partial charge >= 0.3 is 12.1 Å². The van der Waals surface area contributed by atoms with Crippen molar-refractivity contribution in [2.45, 2.75) is 13.1 Å². The molecule has 156 valence electrons. The normalized spacial score (nSPS) is 11.2. The number of benzene rings is 2. The van der Waals surface area contributed by atoms with Crippen molar-refractivity contribution in [1.29, 1.82) is 0 Å². The first-order valence-electron chi connectivity index (χ1n) is 8.70. The van der Waals surface area contributed by atoms with Gasteiger partial charge in [-0.3, -0.25) is 4.79 Å². The summed E-state index contributed by atoms with van der Waals surface area (Å²) in [5.74, 6) is -2.12. The first-order chi connectivity index (χ1) is 14.2. The summed E-state index contributed by atoms with van der Waals surface area (Å²) in [5, 5.41) is 6.21. The van der Waals surface area contributed by atoms with Crippen LogP contribution in [0.5, 0.6) is 0 Å². The fourth-order valence-corrected chi connectivity index (χ4v) is 2.67. The molecule has 0 bridgehead atoms. The first kappa shape index (κ1) is 21.0. The average Bonchev–Trinajstić information content (AvgIpc) is 3.16. The number of nitrogens with one attached hydrogen (secondary N) is 1. The SMILES string of the molecule is CCOC(=O)c1cnn(-c2ccc(C(=O)Nc3ccc(F)cc3)cc2)c1C(F)(F)F. The summed E-state index contributed by atoms with van der Waals surface area (Å²) in [6.07, 6.45) is -4.08. The minimum absolute atomic E-state index is 0.00351. The molecule has 3 rings (SSSR count). The Balaban J connectivity index is 1.88. The van der Waals surface area contributed by atoms with Crippen molar-refractivity contribution in [1.82, 2.24) is 9.78 Å². The maximum absolute atomic E-state index is 13.5. The van der Waals surface area contributed by atoms with E-state index in [9.17, 15) is 27.2 Å². The Morgan fingerprint density at radius 2 is 1.70 bits per heavy atom. The molecule has 6 nitrogen and oxygen atoms in total. The highest BCUT2D eigenvalue weighted by Gasteiger charge is 2.41. The van der Waals surface area contributed by atoms with Gasteiger partial charge in [0.1, 0.15) is 11.4 Å². The summed E-state index contributed by atoms with van der Waals surface area (Å²) in [5.41, 5.74) is -1.46. The molecule has 10 heteroatoms. The van der Waals surface area contributed by atoms with Gasteiger partial charge in [0.2, 0.25) is 0 Å². The maximum atomic E-state index is 13.5. The van der Waals surface area contributed by atoms with E-state index in [1.807, 2.05) is 0 Å². The number of halogens is 4. The molecule has 0 aliphatic carbocycles. The van der Waals surface area contributed by atoms with E-state index in [1.54, 1.807) is 0 Å². The molecule has 1 amide bonds. The molecule has 1 heterocycles. The van der Waals surface area contributed by atoms with E-state index in [4.69, 9.17) is 0 Å². The monoisotopic (exact) mass is 421 g/mol. The van der Waals surface area contributed by atoms with Crippen LogP contribution in [0.2, 0.25) is 0 Å². The van der Waals surface area contributed by atoms with Crippen molar-refractivity contribution in [3.63, 3.8) is 0 Å². The van der Waals surface area contributed by atoms with Crippen LogP contribution in [-0.2, 0) is 10.9 Å². The van der Waals surface area contributed by atoms with E-state index in [-0.39, 0.29) is 17.9 Å². The Hall–Kier alpha value is -3.69. The molecule has 0 aliphatic heterocycles. The standard InChI is InChI=1S/C20H15F4N3O3/c1-2-30-19(29)16-11-25-27(17(16)20(22,23)24)15-9-3-12(4-10-15)18(28)26-14-7-5-13(21)6-8-14/h3-11H,2H2,1H3,(H,26,28). The number of hydrogen-bond acceptors (Lipinski definition) is 4. The zero-order valence-electron chi connectivity index (χ0n) is 15.5. The van der Waals surface area contributed by atoms with Crippen LogP contribution in [0.1, 0.15) is 33.3 Å². The Kier molecular flexibility index (Phi) is 5.86. The number of nitrogens with zero attached hydrogens (tertiary/aromatic N) is 2. The molecular formula is C20H15F4N3O3. The molecule has 1 aromatic heterocycles. The smallest absolute Gasteiger partial charge is 0.434 e. The number of ether oxygens (including phenoxy) is 1. The summed E-state index contributed by atoms with van der Waals surface area (Å²) in [4.78, 5) is 24.1. The van der Waals surface area contributed by atoms with Crippen LogP contribution in [0.3, 0.4) is 0 Å². The second kappa shape index (κ2) is 8.36. The van der Waals surface area contributed by atoms with E-state index in [2.05, 4.69) is 15.2 Å². The second-order valence-corrected chi connectivity index (χ2v) is 6.04. The molecule has 0 unspecified atom stereocenters. The van der Waals surface area contributed by atoms with Crippen LogP contribution < -0.4 is 5.32 Å². The number of hydrogen-bond donors (Lipinski definition) is 1. The van der Waals surface area contributed by atoms with Gasteiger partial charge in [0.25, 0.3) is 5.91 Å². The highest BCUT2D eigenvalue weighted by Crippen LogP contribution is 2.34. The molecule has 0 spiro atoms. The van der Waals surface area contributed by atoms with E-state index in [0.29, 0.717) is 10.4 Å². The maximum Gasteiger partial charge on any atom is 0.434 e. The summed E-state index contributed by atoms with van der Waals surface area (Å²) < 4.78 is 58.8. The Labute approximate surface area is 168 Å². The molecule has 0 saturated heterocycles. The summed E-state index contributed by atoms with van der Waals surface area (Å²) in [7, 11) is 0. The molecule has 0 radical (unpaired) electrons. The Bertz CT molecular complexity index is 1060. The number of esters is 1. The van der Waals surface area contributed by atoms with Gasteiger partial charge in [-0.1, -0.05) is 0 Å². The molecule has 0 aliphatic rings. The molecule has 30 heavy (non-hydrogen) atoms. The van der Waals surface area contributed by atoms with Gasteiger partial charge in [-0.05, 0) is 55.5 Å². The van der Waals surface area contributed by atoms with Crippen molar-refractivity contribution in [2.75, 3.05) is 11.9 Å². The van der Waals surface area contributed by atoms with Gasteiger partial charge in [-0.2, -0.15) is 18.3 Å². The van der Waals surface area contributed by atoms with Crippen LogP contribution >= 0.6 is 0 Å². The van der Waals surface area contributed by atoms with Crippen molar-refractivity contribution in [3.8, 4) is 5.69 Å². The number of carbonyl (C=O) groups is 2. The van der Waals surface area contributed by atoms with Crippen molar-refractivity contribution in [3.05, 3.63) is 77.4 Å². The number of alkyl halides is 3. The number of carbonyl (C=O) groups excluding carboxylic acids is 2. The number of amides is 1. The van der Waals surface area contributed by atoms with Gasteiger partial charge in [-0.25, -0.2) is 13.9 Å². The fraction of sp³-hybridized carbons (Fsp3) is 0.150. The molecular weight excluding hydrogens is 406 g/mol. The number of rotatable bonds is 5. The highest BCUT2D eigenvalue weighted by atomic mass is 19.4. The molecule has 0 fully saturated rings. The third-order valence-electron chi connectivity index (χ3n) is 4.01. The predicted molar refractivity (Wildman–Crippen MR) is 98.9 cm³/mol. The van der Waals surface area contributed by atoms with Crippen LogP contribution in [0.25, 0.3) is 5.69 Å². The van der Waals surface area contributed by atoms with Crippen LogP contribution in [0.15, 0.2) is 54.7 Å². The van der Waals surface area contributed by atoms with Gasteiger partial charge in [0, 0.05) is 11.3 Å². The van der Waals surface area contributed by atoms with Crippen LogP contribution in [0, 0.1) is 5.82 Å². The number of anilines is 1. The van der Waals surface area contributed by atoms with Gasteiger partial charge in [-0.15, -0.1) is 0 Å². The van der Waals surface area contributed by atoms with Crippen molar-refractivity contribution in [2.24, 2.45) is 0 Å². The van der Waals surface area contributed by atoms with Crippen molar-refractivity contribution >= 4 is 17.6 Å². The highest BCUT2D eigenvalue weighted by molar-refractivity contribution is 6.04. The lowest BCUT2D eigenvalue weighted by Gasteiger charge is -2.13. The molecule has 2 aromatic carbocycles. The van der Waals surface area contributed by atoms with Gasteiger partial charge < -0.3 is 10.1 Å². The molecule has 1 N–H and O–H groups in total. The lowest BCUT2D eigenvalue weighted by Crippen LogP contribution is -2.18. The third-order valence-corrected chi connectivity index (χ3v) is 4.01. The topological polar surface area (TPSA) is 73.2 Å². The first-order valence-corrected chi connectivity index (χ1v) is 8.70. The summed E-state index contributed by atoms with van der Waals surface area (Å²) in [6.45, 7) is 1.39. The predicted octanol–water partition coefficient (Wildman–Crippen LogP) is 4.46. The van der Waals surface area contributed by atoms with E-state index < -0.39 is 35.1 Å². The quantitative estimate of drug-likeness (QED) is 0.488. The largest absolute Gasteiger partial charge is 0.462 e. The number of aromatic nitrogens is 2. The lowest BCUT2D eigenvalue weighted by molar-refractivity contribution is -0.143. The second-order valence-electron chi connectivity index (χ2n) is 6.04. The van der Waals surface area contributed by atoms with E-state index >= 15 is 0 Å². The average molecular weight is 421 g/mol. The Morgan fingerprint density at radius 1 is 1.07 bits per heavy atom. The van der Waals surface area contributed by atoms with E-state index in [0.717, 1.165) is 6.20 Å². The fourth-order valence-electron chi connectivity index (χ4n) is 2.67. The molecule has 3 aromatic rings. The Morgan fingerprint density at radius 3 is 2.27 bits per heavy atom. The summed E-state index contributed by atoms with van der Waals surface area (Å²) in [6, 6.07) is 10.2. The van der Waals surface area contributed by atoms with Crippen LogP contribution in [-0.4, -0.2) is 28.3 Å². The molecule has 0 atom stereocenters. The summed E-state index contributed by atoms with van der Waals surface area (Å²) >= 11 is 0. The minimum atomic E-state index is -4.86. The van der Waals surface area contributed by atoms with E-state index in [1.165, 1.54) is 55.5 Å². The van der Waals surface area contributed by atoms with Gasteiger partial charge in [0.15, 0.2) is 5.69 Å².